The monoisotopic (exact) mass is 497 g/mol. The van der Waals surface area contributed by atoms with Crippen molar-refractivity contribution in [1.82, 2.24) is 15.5 Å². The zero-order valence-electron chi connectivity index (χ0n) is 17.5. The molecule has 0 saturated carbocycles. The van der Waals surface area contributed by atoms with Crippen LogP contribution in [0.4, 0.5) is 0 Å². The first-order chi connectivity index (χ1) is 12.5. The first kappa shape index (κ1) is 26.4. The Kier molecular flexibility index (Phi) is 15.0. The van der Waals surface area contributed by atoms with E-state index in [1.165, 1.54) is 0 Å². The minimum atomic E-state index is -0.163. The minimum Gasteiger partial charge on any atom is -0.378 e. The third-order valence-electron chi connectivity index (χ3n) is 4.92. The number of carbonyl (C=O) groups is 1. The Morgan fingerprint density at radius 2 is 2.04 bits per heavy atom. The quantitative estimate of drug-likeness (QED) is 0.175. The van der Waals surface area contributed by atoms with Gasteiger partial charge in [0.25, 0.3) is 0 Å². The average Bonchev–Trinajstić information content (AvgIpc) is 2.62. The number of halogens is 1. The smallest absolute Gasteiger partial charge is 0.221 e. The summed E-state index contributed by atoms with van der Waals surface area (Å²) in [6.45, 7) is 11.7. The lowest BCUT2D eigenvalue weighted by Gasteiger charge is -2.31. The van der Waals surface area contributed by atoms with Crippen LogP contribution in [0.25, 0.3) is 0 Å². The number of nitrogens with zero attached hydrogens (tertiary/aromatic N) is 2. The molecule has 160 valence electrons. The molecule has 0 aliphatic carbocycles. The maximum atomic E-state index is 11.3. The van der Waals surface area contributed by atoms with E-state index in [4.69, 9.17) is 10.5 Å². The van der Waals surface area contributed by atoms with Crippen LogP contribution in [0.1, 0.15) is 46.5 Å². The molecule has 1 saturated heterocycles. The summed E-state index contributed by atoms with van der Waals surface area (Å²) >= 11 is 0. The number of ether oxygens (including phenoxy) is 1. The molecule has 2 atom stereocenters. The summed E-state index contributed by atoms with van der Waals surface area (Å²) in [5.41, 5.74) is 5.44. The summed E-state index contributed by atoms with van der Waals surface area (Å²) < 4.78 is 5.77. The van der Waals surface area contributed by atoms with Crippen molar-refractivity contribution in [3.05, 3.63) is 0 Å². The molecule has 27 heavy (non-hydrogen) atoms. The lowest BCUT2D eigenvalue weighted by molar-refractivity contribution is -0.123. The lowest BCUT2D eigenvalue weighted by atomic mass is 9.97. The van der Waals surface area contributed by atoms with E-state index in [2.05, 4.69) is 34.4 Å². The summed E-state index contributed by atoms with van der Waals surface area (Å²) in [6, 6.07) is 0. The maximum absolute atomic E-state index is 11.3. The van der Waals surface area contributed by atoms with Crippen molar-refractivity contribution in [1.29, 1.82) is 0 Å². The number of aliphatic imine (C=N–C) groups is 1. The van der Waals surface area contributed by atoms with Gasteiger partial charge in [-0.05, 0) is 51.6 Å². The van der Waals surface area contributed by atoms with Gasteiger partial charge in [-0.1, -0.05) is 13.8 Å². The van der Waals surface area contributed by atoms with E-state index in [0.717, 1.165) is 71.0 Å². The Morgan fingerprint density at radius 1 is 1.33 bits per heavy atom. The largest absolute Gasteiger partial charge is 0.378 e. The number of amides is 1. The number of rotatable bonds is 11. The summed E-state index contributed by atoms with van der Waals surface area (Å²) in [5, 5.41) is 6.72. The number of carbonyl (C=O) groups excluding carboxylic acids is 1. The van der Waals surface area contributed by atoms with Crippen molar-refractivity contribution >= 4 is 35.8 Å². The van der Waals surface area contributed by atoms with Gasteiger partial charge in [0, 0.05) is 33.3 Å². The first-order valence-corrected chi connectivity index (χ1v) is 10.1. The number of guanidine groups is 1. The van der Waals surface area contributed by atoms with Crippen LogP contribution in [0.5, 0.6) is 0 Å². The number of piperidine rings is 1. The van der Waals surface area contributed by atoms with Gasteiger partial charge in [0.05, 0.1) is 12.0 Å². The Bertz CT molecular complexity index is 434. The molecule has 1 fully saturated rings. The van der Waals surface area contributed by atoms with Crippen LogP contribution in [0.2, 0.25) is 0 Å². The Morgan fingerprint density at radius 3 is 2.63 bits per heavy atom. The summed E-state index contributed by atoms with van der Waals surface area (Å²) in [5.74, 6) is 1.20. The second kappa shape index (κ2) is 15.3. The molecule has 1 aliphatic rings. The van der Waals surface area contributed by atoms with E-state index in [-0.39, 0.29) is 41.9 Å². The molecule has 0 bridgehead atoms. The Hall–Kier alpha value is -0.610. The standard InChI is InChI=1S/C19H39N5O2.HI/c1-5-26-17(15(2)3)9-11-23-19(21-4)22-10-7-13-24-12-6-8-16(14-24)18(20)25;/h15-17H,5-14H2,1-4H3,(H2,20,25)(H2,21,22,23);1H. The molecule has 0 radical (unpaired) electrons. The summed E-state index contributed by atoms with van der Waals surface area (Å²) in [4.78, 5) is 18.0. The molecule has 8 heteroatoms. The van der Waals surface area contributed by atoms with Gasteiger partial charge >= 0.3 is 0 Å². The summed E-state index contributed by atoms with van der Waals surface area (Å²) in [6.07, 6.45) is 4.25. The lowest BCUT2D eigenvalue weighted by Crippen LogP contribution is -2.43. The second-order valence-corrected chi connectivity index (χ2v) is 7.35. The molecule has 1 aliphatic heterocycles. The van der Waals surface area contributed by atoms with Crippen molar-refractivity contribution in [3.8, 4) is 0 Å². The molecule has 1 heterocycles. The fourth-order valence-corrected chi connectivity index (χ4v) is 3.38. The van der Waals surface area contributed by atoms with E-state index in [0.29, 0.717) is 5.92 Å². The van der Waals surface area contributed by atoms with Crippen molar-refractivity contribution in [2.24, 2.45) is 22.6 Å². The van der Waals surface area contributed by atoms with Crippen molar-refractivity contribution in [2.45, 2.75) is 52.6 Å². The molecular weight excluding hydrogens is 457 g/mol. The number of hydrogen-bond acceptors (Lipinski definition) is 4. The molecule has 0 aromatic heterocycles. The van der Waals surface area contributed by atoms with Gasteiger partial charge in [-0.25, -0.2) is 0 Å². The zero-order chi connectivity index (χ0) is 19.4. The van der Waals surface area contributed by atoms with Crippen LogP contribution < -0.4 is 16.4 Å². The SMILES string of the molecule is CCOC(CCNC(=NC)NCCCN1CCCC(C(N)=O)C1)C(C)C.I. The molecule has 0 aromatic carbocycles. The fraction of sp³-hybridized carbons (Fsp3) is 0.895. The van der Waals surface area contributed by atoms with Crippen LogP contribution >= 0.6 is 24.0 Å². The van der Waals surface area contributed by atoms with E-state index in [9.17, 15) is 4.79 Å². The van der Waals surface area contributed by atoms with Crippen LogP contribution in [0.15, 0.2) is 4.99 Å². The fourth-order valence-electron chi connectivity index (χ4n) is 3.38. The van der Waals surface area contributed by atoms with Crippen LogP contribution in [-0.2, 0) is 9.53 Å². The molecule has 1 rings (SSSR count). The van der Waals surface area contributed by atoms with E-state index in [1.54, 1.807) is 7.05 Å². The van der Waals surface area contributed by atoms with Crippen molar-refractivity contribution in [2.75, 3.05) is 46.4 Å². The Labute approximate surface area is 182 Å². The molecule has 4 N–H and O–H groups in total. The highest BCUT2D eigenvalue weighted by atomic mass is 127. The third-order valence-corrected chi connectivity index (χ3v) is 4.92. The molecule has 0 aromatic rings. The second-order valence-electron chi connectivity index (χ2n) is 7.35. The van der Waals surface area contributed by atoms with Gasteiger partial charge in [-0.3, -0.25) is 9.79 Å². The number of nitrogens with two attached hydrogens (primary N) is 1. The van der Waals surface area contributed by atoms with Gasteiger partial charge in [0.2, 0.25) is 5.91 Å². The number of nitrogens with one attached hydrogen (secondary N) is 2. The van der Waals surface area contributed by atoms with Crippen molar-refractivity contribution < 1.29 is 9.53 Å². The van der Waals surface area contributed by atoms with Gasteiger partial charge in [0.15, 0.2) is 5.96 Å². The molecule has 7 nitrogen and oxygen atoms in total. The normalized spacial score (nSPS) is 19.4. The summed E-state index contributed by atoms with van der Waals surface area (Å²) in [7, 11) is 1.79. The highest BCUT2D eigenvalue weighted by molar-refractivity contribution is 14.0. The van der Waals surface area contributed by atoms with E-state index in [1.807, 2.05) is 6.92 Å². The van der Waals surface area contributed by atoms with E-state index >= 15 is 0 Å². The molecular formula is C19H40IN5O2. The third kappa shape index (κ3) is 11.1. The van der Waals surface area contributed by atoms with Crippen LogP contribution in [0, 0.1) is 11.8 Å². The first-order valence-electron chi connectivity index (χ1n) is 10.1. The van der Waals surface area contributed by atoms with Crippen LogP contribution in [0.3, 0.4) is 0 Å². The van der Waals surface area contributed by atoms with Gasteiger partial charge in [-0.15, -0.1) is 24.0 Å². The van der Waals surface area contributed by atoms with Crippen LogP contribution in [-0.4, -0.2) is 69.2 Å². The van der Waals surface area contributed by atoms with Gasteiger partial charge in [-0.2, -0.15) is 0 Å². The predicted molar refractivity (Wildman–Crippen MR) is 123 cm³/mol. The average molecular weight is 497 g/mol. The van der Waals surface area contributed by atoms with Crippen molar-refractivity contribution in [3.63, 3.8) is 0 Å². The number of likely N-dealkylation sites (tertiary alicyclic amines) is 1. The topological polar surface area (TPSA) is 92.0 Å². The predicted octanol–water partition coefficient (Wildman–Crippen LogP) is 1.81. The van der Waals surface area contributed by atoms with Gasteiger partial charge in [0.1, 0.15) is 0 Å². The van der Waals surface area contributed by atoms with E-state index < -0.39 is 0 Å². The highest BCUT2D eigenvalue weighted by Crippen LogP contribution is 2.15. The molecule has 1 amide bonds. The Balaban J connectivity index is 0.00000676. The molecule has 0 spiro atoms. The van der Waals surface area contributed by atoms with Gasteiger partial charge < -0.3 is 26.0 Å². The zero-order valence-corrected chi connectivity index (χ0v) is 19.8. The number of hydrogen-bond donors (Lipinski definition) is 3. The highest BCUT2D eigenvalue weighted by Gasteiger charge is 2.23. The molecule has 2 unspecified atom stereocenters. The minimum absolute atomic E-state index is 0. The number of primary amides is 1. The maximum Gasteiger partial charge on any atom is 0.221 e.